The van der Waals surface area contributed by atoms with E-state index in [0.717, 1.165) is 36.4 Å². The topological polar surface area (TPSA) is 79.6 Å². The fourth-order valence-electron chi connectivity index (χ4n) is 1.90. The Bertz CT molecular complexity index is 606. The lowest BCUT2D eigenvalue weighted by Gasteiger charge is -2.12. The van der Waals surface area contributed by atoms with E-state index in [-0.39, 0.29) is 11.4 Å². The van der Waals surface area contributed by atoms with Gasteiger partial charge in [0.25, 0.3) is 0 Å². The summed E-state index contributed by atoms with van der Waals surface area (Å²) in [6, 6.07) is 0.929. The van der Waals surface area contributed by atoms with Gasteiger partial charge in [-0.3, -0.25) is 5.10 Å². The van der Waals surface area contributed by atoms with Gasteiger partial charge in [-0.15, -0.1) is 0 Å². The Kier molecular flexibility index (Phi) is 4.35. The first-order valence-corrected chi connectivity index (χ1v) is 6.43. The quantitative estimate of drug-likeness (QED) is 0.742. The van der Waals surface area contributed by atoms with Gasteiger partial charge in [0.15, 0.2) is 0 Å². The van der Waals surface area contributed by atoms with Crippen LogP contribution < -0.4 is 11.1 Å². The van der Waals surface area contributed by atoms with Crippen LogP contribution in [0.1, 0.15) is 23.4 Å². The Morgan fingerprint density at radius 1 is 1.33 bits per heavy atom. The Morgan fingerprint density at radius 2 is 2.10 bits per heavy atom. The summed E-state index contributed by atoms with van der Waals surface area (Å²) < 4.78 is 37.7. The molecular formula is C13H16F3N5. The number of aryl methyl sites for hydroxylation is 2. The lowest BCUT2D eigenvalue weighted by atomic mass is 10.1. The highest BCUT2D eigenvalue weighted by molar-refractivity contribution is 5.65. The zero-order valence-electron chi connectivity index (χ0n) is 11.5. The molecule has 0 spiro atoms. The zero-order valence-corrected chi connectivity index (χ0v) is 11.5. The number of aromatic nitrogens is 3. The summed E-state index contributed by atoms with van der Waals surface area (Å²) in [6.45, 7) is 2.43. The molecule has 21 heavy (non-hydrogen) atoms. The van der Waals surface area contributed by atoms with Crippen LogP contribution in [0.25, 0.3) is 0 Å². The first kappa shape index (κ1) is 15.1. The van der Waals surface area contributed by atoms with Crippen molar-refractivity contribution in [1.29, 1.82) is 0 Å². The number of nitrogens with zero attached hydrogens (tertiary/aromatic N) is 2. The van der Waals surface area contributed by atoms with E-state index >= 15 is 0 Å². The average molecular weight is 299 g/mol. The molecular weight excluding hydrogens is 283 g/mol. The van der Waals surface area contributed by atoms with Crippen molar-refractivity contribution >= 4 is 11.4 Å². The number of nitrogen functional groups attached to an aromatic ring is 1. The van der Waals surface area contributed by atoms with Crippen molar-refractivity contribution in [3.63, 3.8) is 0 Å². The van der Waals surface area contributed by atoms with Crippen LogP contribution >= 0.6 is 0 Å². The van der Waals surface area contributed by atoms with Gasteiger partial charge in [-0.2, -0.15) is 18.3 Å². The highest BCUT2D eigenvalue weighted by atomic mass is 19.4. The lowest BCUT2D eigenvalue weighted by Crippen LogP contribution is -2.11. The van der Waals surface area contributed by atoms with Crippen LogP contribution in [0.2, 0.25) is 0 Å². The molecule has 0 bridgehead atoms. The van der Waals surface area contributed by atoms with E-state index in [9.17, 15) is 13.2 Å². The van der Waals surface area contributed by atoms with E-state index in [1.54, 1.807) is 6.20 Å². The van der Waals surface area contributed by atoms with E-state index in [1.807, 2.05) is 6.92 Å². The SMILES string of the molecule is Cc1[nH]ncc1CCCNc1cc(C(F)(F)F)ncc1N. The minimum absolute atomic E-state index is 0.197. The van der Waals surface area contributed by atoms with Crippen LogP contribution in [0.4, 0.5) is 24.5 Å². The second kappa shape index (κ2) is 6.02. The smallest absolute Gasteiger partial charge is 0.396 e. The minimum atomic E-state index is -4.47. The molecule has 0 saturated heterocycles. The van der Waals surface area contributed by atoms with E-state index in [0.29, 0.717) is 6.54 Å². The van der Waals surface area contributed by atoms with Crippen molar-refractivity contribution in [3.8, 4) is 0 Å². The fourth-order valence-corrected chi connectivity index (χ4v) is 1.90. The largest absolute Gasteiger partial charge is 0.433 e. The first-order chi connectivity index (χ1) is 9.88. The van der Waals surface area contributed by atoms with Gasteiger partial charge in [-0.1, -0.05) is 0 Å². The number of nitrogens with two attached hydrogens (primary N) is 1. The van der Waals surface area contributed by atoms with Crippen molar-refractivity contribution in [3.05, 3.63) is 35.4 Å². The summed E-state index contributed by atoms with van der Waals surface area (Å²) in [5.41, 5.74) is 7.21. The first-order valence-electron chi connectivity index (χ1n) is 6.43. The standard InChI is InChI=1S/C13H16F3N5/c1-8-9(6-20-21-8)3-2-4-18-11-5-12(13(14,15)16)19-7-10(11)17/h5-7H,2-4,17H2,1H3,(H,18,19)(H,20,21). The number of alkyl halides is 3. The van der Waals surface area contributed by atoms with Crippen LogP contribution in [0.5, 0.6) is 0 Å². The molecule has 5 nitrogen and oxygen atoms in total. The Labute approximate surface area is 119 Å². The van der Waals surface area contributed by atoms with E-state index in [2.05, 4.69) is 20.5 Å². The van der Waals surface area contributed by atoms with Gasteiger partial charge in [0.05, 0.1) is 23.8 Å². The third kappa shape index (κ3) is 3.87. The average Bonchev–Trinajstić information content (AvgIpc) is 2.81. The molecule has 2 aromatic heterocycles. The monoisotopic (exact) mass is 299 g/mol. The Morgan fingerprint density at radius 3 is 2.71 bits per heavy atom. The maximum Gasteiger partial charge on any atom is 0.433 e. The minimum Gasteiger partial charge on any atom is -0.396 e. The Balaban J connectivity index is 1.92. The number of hydrogen-bond donors (Lipinski definition) is 3. The number of halogens is 3. The summed E-state index contributed by atoms with van der Waals surface area (Å²) in [4.78, 5) is 3.29. The molecule has 4 N–H and O–H groups in total. The maximum absolute atomic E-state index is 12.6. The van der Waals surface area contributed by atoms with E-state index in [1.165, 1.54) is 0 Å². The predicted octanol–water partition coefficient (Wildman–Crippen LogP) is 2.76. The second-order valence-electron chi connectivity index (χ2n) is 4.71. The van der Waals surface area contributed by atoms with Crippen molar-refractivity contribution in [2.45, 2.75) is 25.9 Å². The van der Waals surface area contributed by atoms with Crippen LogP contribution in [-0.2, 0) is 12.6 Å². The normalized spacial score (nSPS) is 11.6. The summed E-state index contributed by atoms with van der Waals surface area (Å²) in [5.74, 6) is 0. The van der Waals surface area contributed by atoms with Gasteiger partial charge in [0.1, 0.15) is 5.69 Å². The molecule has 0 aliphatic rings. The van der Waals surface area contributed by atoms with Crippen LogP contribution in [0, 0.1) is 6.92 Å². The number of pyridine rings is 1. The number of anilines is 2. The summed E-state index contributed by atoms with van der Waals surface area (Å²) in [6.07, 6.45) is -0.169. The third-order valence-electron chi connectivity index (χ3n) is 3.10. The van der Waals surface area contributed by atoms with E-state index < -0.39 is 11.9 Å². The zero-order chi connectivity index (χ0) is 15.5. The van der Waals surface area contributed by atoms with E-state index in [4.69, 9.17) is 5.73 Å². The highest BCUT2D eigenvalue weighted by Crippen LogP contribution is 2.31. The molecule has 0 fully saturated rings. The highest BCUT2D eigenvalue weighted by Gasteiger charge is 2.32. The predicted molar refractivity (Wildman–Crippen MR) is 73.8 cm³/mol. The number of hydrogen-bond acceptors (Lipinski definition) is 4. The molecule has 2 aromatic rings. The molecule has 0 unspecified atom stereocenters. The molecule has 2 rings (SSSR count). The van der Waals surface area contributed by atoms with Crippen molar-refractivity contribution in [2.75, 3.05) is 17.6 Å². The third-order valence-corrected chi connectivity index (χ3v) is 3.10. The van der Waals surface area contributed by atoms with Crippen molar-refractivity contribution < 1.29 is 13.2 Å². The van der Waals surface area contributed by atoms with Crippen molar-refractivity contribution in [1.82, 2.24) is 15.2 Å². The number of nitrogens with one attached hydrogen (secondary N) is 2. The molecule has 0 aliphatic heterocycles. The van der Waals surface area contributed by atoms with Gasteiger partial charge in [0.2, 0.25) is 0 Å². The maximum atomic E-state index is 12.6. The van der Waals surface area contributed by atoms with Gasteiger partial charge in [0, 0.05) is 12.2 Å². The number of rotatable bonds is 5. The number of H-pyrrole nitrogens is 1. The molecule has 0 aliphatic carbocycles. The van der Waals surface area contributed by atoms with Crippen LogP contribution in [-0.4, -0.2) is 21.7 Å². The van der Waals surface area contributed by atoms with Crippen molar-refractivity contribution in [2.24, 2.45) is 0 Å². The number of aromatic amines is 1. The molecule has 8 heteroatoms. The molecule has 0 saturated carbocycles. The van der Waals surface area contributed by atoms with Gasteiger partial charge >= 0.3 is 6.18 Å². The molecule has 114 valence electrons. The second-order valence-corrected chi connectivity index (χ2v) is 4.71. The van der Waals surface area contributed by atoms with Gasteiger partial charge in [-0.25, -0.2) is 4.98 Å². The molecule has 0 amide bonds. The summed E-state index contributed by atoms with van der Waals surface area (Å²) in [5, 5.41) is 9.66. The van der Waals surface area contributed by atoms with Crippen LogP contribution in [0.15, 0.2) is 18.5 Å². The van der Waals surface area contributed by atoms with Gasteiger partial charge < -0.3 is 11.1 Å². The Hall–Kier alpha value is -2.25. The molecule has 0 radical (unpaired) electrons. The molecule has 0 aromatic carbocycles. The van der Waals surface area contributed by atoms with Gasteiger partial charge in [-0.05, 0) is 31.4 Å². The lowest BCUT2D eigenvalue weighted by molar-refractivity contribution is -0.141. The summed E-state index contributed by atoms with van der Waals surface area (Å²) in [7, 11) is 0. The van der Waals surface area contributed by atoms with Crippen LogP contribution in [0.3, 0.4) is 0 Å². The molecule has 0 atom stereocenters. The summed E-state index contributed by atoms with van der Waals surface area (Å²) >= 11 is 0. The molecule has 2 heterocycles. The fraction of sp³-hybridized carbons (Fsp3) is 0.385.